The van der Waals surface area contributed by atoms with E-state index >= 15 is 0 Å². The van der Waals surface area contributed by atoms with Crippen molar-refractivity contribution in [1.82, 2.24) is 18.7 Å². The second-order valence-electron chi connectivity index (χ2n) is 9.30. The van der Waals surface area contributed by atoms with E-state index in [1.54, 1.807) is 11.6 Å². The Labute approximate surface area is 192 Å². The molecule has 1 aliphatic rings. The standard InChI is InChI=1S/C24H33N5O4/c1-15-7-6-10-28(12-15)23-25-21-20(22(31)27(5)24(32)26(21)4)29(23)13-18(30)14-33-19-9-8-16(2)17(3)11-19/h8-9,11,15,18,30H,6-7,10,12-14H2,1-5H3. The molecule has 1 aromatic carbocycles. The van der Waals surface area contributed by atoms with Crippen molar-refractivity contribution >= 4 is 17.1 Å². The first-order valence-electron chi connectivity index (χ1n) is 11.5. The summed E-state index contributed by atoms with van der Waals surface area (Å²) in [6.07, 6.45) is 1.30. The first kappa shape index (κ1) is 23.1. The second-order valence-corrected chi connectivity index (χ2v) is 9.30. The molecule has 1 saturated heterocycles. The normalized spacial score (nSPS) is 17.5. The quantitative estimate of drug-likeness (QED) is 0.608. The lowest BCUT2D eigenvalue weighted by atomic mass is 10.0. The number of aliphatic hydroxyl groups excluding tert-OH is 1. The molecule has 33 heavy (non-hydrogen) atoms. The fourth-order valence-corrected chi connectivity index (χ4v) is 4.48. The van der Waals surface area contributed by atoms with Gasteiger partial charge in [0, 0.05) is 27.2 Å². The number of hydrogen-bond acceptors (Lipinski definition) is 6. The molecule has 3 aromatic rings. The Kier molecular flexibility index (Phi) is 6.34. The molecule has 0 radical (unpaired) electrons. The third-order valence-corrected chi connectivity index (χ3v) is 6.58. The lowest BCUT2D eigenvalue weighted by molar-refractivity contribution is 0.0935. The maximum Gasteiger partial charge on any atom is 0.332 e. The molecule has 0 aliphatic carbocycles. The van der Waals surface area contributed by atoms with Crippen molar-refractivity contribution in [3.63, 3.8) is 0 Å². The molecule has 2 atom stereocenters. The van der Waals surface area contributed by atoms with E-state index in [1.165, 1.54) is 17.2 Å². The molecule has 178 valence electrons. The van der Waals surface area contributed by atoms with Gasteiger partial charge in [0.15, 0.2) is 11.2 Å². The fourth-order valence-electron chi connectivity index (χ4n) is 4.48. The Morgan fingerprint density at radius 1 is 1.18 bits per heavy atom. The van der Waals surface area contributed by atoms with Crippen molar-refractivity contribution in [2.45, 2.75) is 46.3 Å². The van der Waals surface area contributed by atoms with E-state index in [2.05, 4.69) is 11.8 Å². The van der Waals surface area contributed by atoms with Gasteiger partial charge in [0.1, 0.15) is 18.5 Å². The predicted molar refractivity (Wildman–Crippen MR) is 128 cm³/mol. The molecule has 1 N–H and O–H groups in total. The van der Waals surface area contributed by atoms with E-state index < -0.39 is 17.4 Å². The van der Waals surface area contributed by atoms with Gasteiger partial charge in [0.25, 0.3) is 5.56 Å². The van der Waals surface area contributed by atoms with Crippen LogP contribution in [0.2, 0.25) is 0 Å². The smallest absolute Gasteiger partial charge is 0.332 e. The number of ether oxygens (including phenoxy) is 1. The molecule has 2 aromatic heterocycles. The molecule has 9 nitrogen and oxygen atoms in total. The van der Waals surface area contributed by atoms with Crippen LogP contribution in [0.3, 0.4) is 0 Å². The highest BCUT2D eigenvalue weighted by molar-refractivity contribution is 5.74. The molecule has 3 heterocycles. The van der Waals surface area contributed by atoms with E-state index in [9.17, 15) is 14.7 Å². The van der Waals surface area contributed by atoms with Crippen molar-refractivity contribution in [2.24, 2.45) is 20.0 Å². The van der Waals surface area contributed by atoms with E-state index in [0.29, 0.717) is 28.8 Å². The van der Waals surface area contributed by atoms with Crippen LogP contribution in [0.15, 0.2) is 27.8 Å². The minimum atomic E-state index is -0.869. The fraction of sp³-hybridized carbons (Fsp3) is 0.542. The molecule has 4 rings (SSSR count). The average molecular weight is 456 g/mol. The number of aliphatic hydroxyl groups is 1. The maximum atomic E-state index is 13.1. The summed E-state index contributed by atoms with van der Waals surface area (Å²) in [6, 6.07) is 5.81. The number of aryl methyl sites for hydroxylation is 3. The SMILES string of the molecule is Cc1ccc(OCC(O)Cn2c(N3CCCC(C)C3)nc3c2c(=O)n(C)c(=O)n3C)cc1C. The predicted octanol–water partition coefficient (Wildman–Crippen LogP) is 1.73. The number of anilines is 1. The summed E-state index contributed by atoms with van der Waals surface area (Å²) in [5.41, 5.74) is 2.10. The number of nitrogens with zero attached hydrogens (tertiary/aromatic N) is 5. The summed E-state index contributed by atoms with van der Waals surface area (Å²) >= 11 is 0. The molecule has 9 heteroatoms. The van der Waals surface area contributed by atoms with Gasteiger partial charge in [-0.3, -0.25) is 13.9 Å². The van der Waals surface area contributed by atoms with Crippen molar-refractivity contribution in [2.75, 3.05) is 24.6 Å². The molecule has 1 fully saturated rings. The molecule has 0 spiro atoms. The Bertz CT molecular complexity index is 1290. The third kappa shape index (κ3) is 4.42. The summed E-state index contributed by atoms with van der Waals surface area (Å²) in [4.78, 5) is 32.4. The first-order chi connectivity index (χ1) is 15.7. The van der Waals surface area contributed by atoms with E-state index in [1.807, 2.05) is 32.0 Å². The van der Waals surface area contributed by atoms with Crippen LogP contribution in [0, 0.1) is 19.8 Å². The summed E-state index contributed by atoms with van der Waals surface area (Å²) in [7, 11) is 3.08. The van der Waals surface area contributed by atoms with Crippen LogP contribution in [0.25, 0.3) is 11.2 Å². The van der Waals surface area contributed by atoms with Gasteiger partial charge in [-0.05, 0) is 55.9 Å². The van der Waals surface area contributed by atoms with Crippen molar-refractivity contribution in [3.05, 3.63) is 50.2 Å². The highest BCUT2D eigenvalue weighted by Gasteiger charge is 2.26. The number of rotatable bonds is 6. The van der Waals surface area contributed by atoms with Crippen molar-refractivity contribution < 1.29 is 9.84 Å². The topological polar surface area (TPSA) is 94.5 Å². The van der Waals surface area contributed by atoms with Crippen LogP contribution in [0.5, 0.6) is 5.75 Å². The lowest BCUT2D eigenvalue weighted by Crippen LogP contribution is -2.39. The Morgan fingerprint density at radius 3 is 2.64 bits per heavy atom. The minimum absolute atomic E-state index is 0.0735. The average Bonchev–Trinajstić information content (AvgIpc) is 3.16. The van der Waals surface area contributed by atoms with Gasteiger partial charge in [-0.2, -0.15) is 4.98 Å². The Morgan fingerprint density at radius 2 is 1.94 bits per heavy atom. The third-order valence-electron chi connectivity index (χ3n) is 6.58. The van der Waals surface area contributed by atoms with Gasteiger partial charge >= 0.3 is 5.69 Å². The first-order valence-corrected chi connectivity index (χ1v) is 11.5. The zero-order chi connectivity index (χ0) is 23.9. The summed E-state index contributed by atoms with van der Waals surface area (Å²) in [5, 5.41) is 10.9. The van der Waals surface area contributed by atoms with Crippen molar-refractivity contribution in [1.29, 1.82) is 0 Å². The molecule has 0 bridgehead atoms. The minimum Gasteiger partial charge on any atom is -0.491 e. The summed E-state index contributed by atoms with van der Waals surface area (Å²) in [5.74, 6) is 1.80. The van der Waals surface area contributed by atoms with Crippen LogP contribution < -0.4 is 20.9 Å². The van der Waals surface area contributed by atoms with Crippen LogP contribution in [0.1, 0.15) is 30.9 Å². The van der Waals surface area contributed by atoms with Gasteiger partial charge in [-0.15, -0.1) is 0 Å². The zero-order valence-corrected chi connectivity index (χ0v) is 20.0. The molecule has 0 saturated carbocycles. The van der Waals surface area contributed by atoms with Gasteiger partial charge in [-0.1, -0.05) is 13.0 Å². The van der Waals surface area contributed by atoms with Gasteiger partial charge in [-0.25, -0.2) is 4.79 Å². The number of fused-ring (bicyclic) bond motifs is 1. The second kappa shape index (κ2) is 9.05. The maximum absolute atomic E-state index is 13.1. The Hall–Kier alpha value is -3.07. The number of hydrogen-bond donors (Lipinski definition) is 1. The summed E-state index contributed by atoms with van der Waals surface area (Å²) in [6.45, 7) is 8.08. The van der Waals surface area contributed by atoms with Crippen LogP contribution in [-0.4, -0.2) is 49.6 Å². The number of imidazole rings is 1. The van der Waals surface area contributed by atoms with Crippen LogP contribution in [0.4, 0.5) is 5.95 Å². The molecule has 2 unspecified atom stereocenters. The molecule has 1 aliphatic heterocycles. The van der Waals surface area contributed by atoms with Crippen LogP contribution >= 0.6 is 0 Å². The largest absolute Gasteiger partial charge is 0.491 e. The van der Waals surface area contributed by atoms with E-state index in [-0.39, 0.29) is 13.2 Å². The Balaban J connectivity index is 1.69. The van der Waals surface area contributed by atoms with Gasteiger partial charge in [0.2, 0.25) is 5.95 Å². The van der Waals surface area contributed by atoms with Gasteiger partial charge in [0.05, 0.1) is 6.54 Å². The van der Waals surface area contributed by atoms with Crippen LogP contribution in [-0.2, 0) is 20.6 Å². The van der Waals surface area contributed by atoms with E-state index in [4.69, 9.17) is 9.72 Å². The lowest BCUT2D eigenvalue weighted by Gasteiger charge is -2.32. The highest BCUT2D eigenvalue weighted by atomic mass is 16.5. The van der Waals surface area contributed by atoms with E-state index in [0.717, 1.165) is 36.1 Å². The van der Waals surface area contributed by atoms with Crippen molar-refractivity contribution in [3.8, 4) is 5.75 Å². The monoisotopic (exact) mass is 455 g/mol. The molecular formula is C24H33N5O4. The zero-order valence-electron chi connectivity index (χ0n) is 20.0. The molecular weight excluding hydrogens is 422 g/mol. The number of aromatic nitrogens is 4. The molecule has 0 amide bonds. The highest BCUT2D eigenvalue weighted by Crippen LogP contribution is 2.26. The summed E-state index contributed by atoms with van der Waals surface area (Å²) < 4.78 is 10.1. The number of piperidine rings is 1. The van der Waals surface area contributed by atoms with Gasteiger partial charge < -0.3 is 19.3 Å². The number of benzene rings is 1.